The number of amides is 2. The van der Waals surface area contributed by atoms with Gasteiger partial charge in [0.2, 0.25) is 0 Å². The molecule has 2 N–H and O–H groups in total. The first-order valence-electron chi connectivity index (χ1n) is 8.77. The first-order chi connectivity index (χ1) is 13.8. The van der Waals surface area contributed by atoms with Crippen LogP contribution < -0.4 is 15.4 Å². The van der Waals surface area contributed by atoms with Crippen LogP contribution >= 0.6 is 0 Å². The minimum Gasteiger partial charge on any atom is -0.494 e. The fourth-order valence-corrected chi connectivity index (χ4v) is 2.26. The zero-order valence-corrected chi connectivity index (χ0v) is 15.8. The van der Waals surface area contributed by atoms with E-state index < -0.39 is 47.8 Å². The lowest BCUT2D eigenvalue weighted by Crippen LogP contribution is -2.36. The van der Waals surface area contributed by atoms with E-state index in [9.17, 15) is 23.2 Å². The normalized spacial score (nSPS) is 11.3. The Kier molecular flexibility index (Phi) is 7.64. The van der Waals surface area contributed by atoms with E-state index >= 15 is 0 Å². The fourth-order valence-electron chi connectivity index (χ4n) is 2.26. The van der Waals surface area contributed by atoms with Gasteiger partial charge in [0.15, 0.2) is 6.10 Å². The zero-order valence-electron chi connectivity index (χ0n) is 15.8. The molecule has 0 aliphatic heterocycles. The Bertz CT molecular complexity index is 867. The highest BCUT2D eigenvalue weighted by atomic mass is 19.1. The van der Waals surface area contributed by atoms with Gasteiger partial charge in [-0.15, -0.1) is 0 Å². The molecule has 1 atom stereocenters. The maximum Gasteiger partial charge on any atom is 0.326 e. The van der Waals surface area contributed by atoms with Gasteiger partial charge in [0.1, 0.15) is 29.6 Å². The molecule has 2 amide bonds. The van der Waals surface area contributed by atoms with E-state index in [2.05, 4.69) is 5.32 Å². The molecule has 0 aromatic heterocycles. The lowest BCUT2D eigenvalue weighted by atomic mass is 10.2. The summed E-state index contributed by atoms with van der Waals surface area (Å²) in [7, 11) is 0. The summed E-state index contributed by atoms with van der Waals surface area (Å²) in [6, 6.07) is 9.40. The number of rotatable bonds is 8. The summed E-state index contributed by atoms with van der Waals surface area (Å²) < 4.78 is 37.3. The van der Waals surface area contributed by atoms with Crippen molar-refractivity contribution in [2.75, 3.05) is 18.5 Å². The molecule has 0 heterocycles. The molecule has 0 saturated carbocycles. The second-order valence-corrected chi connectivity index (χ2v) is 5.86. The highest BCUT2D eigenvalue weighted by Gasteiger charge is 2.21. The highest BCUT2D eigenvalue weighted by Crippen LogP contribution is 2.18. The van der Waals surface area contributed by atoms with E-state index in [1.165, 1.54) is 19.1 Å². The second-order valence-electron chi connectivity index (χ2n) is 5.86. The lowest BCUT2D eigenvalue weighted by Gasteiger charge is -2.14. The van der Waals surface area contributed by atoms with Gasteiger partial charge in [-0.25, -0.2) is 8.78 Å². The molecule has 29 heavy (non-hydrogen) atoms. The van der Waals surface area contributed by atoms with Crippen LogP contribution in [-0.4, -0.2) is 37.0 Å². The Labute approximate surface area is 166 Å². The van der Waals surface area contributed by atoms with Gasteiger partial charge in [-0.2, -0.15) is 0 Å². The number of carbonyl (C=O) groups is 3. The van der Waals surface area contributed by atoms with Crippen LogP contribution in [0.4, 0.5) is 14.5 Å². The maximum atomic E-state index is 13.6. The van der Waals surface area contributed by atoms with Crippen molar-refractivity contribution in [3.8, 4) is 5.75 Å². The number of anilines is 1. The third-order valence-electron chi connectivity index (χ3n) is 3.71. The molecule has 0 fully saturated rings. The molecular formula is C20H20F2N2O5. The van der Waals surface area contributed by atoms with Gasteiger partial charge >= 0.3 is 5.97 Å². The molecule has 0 bridgehead atoms. The van der Waals surface area contributed by atoms with Gasteiger partial charge in [0.05, 0.1) is 6.61 Å². The molecule has 0 unspecified atom stereocenters. The van der Waals surface area contributed by atoms with Crippen LogP contribution in [0.5, 0.6) is 5.75 Å². The first-order valence-corrected chi connectivity index (χ1v) is 8.77. The van der Waals surface area contributed by atoms with Crippen LogP contribution in [0.2, 0.25) is 0 Å². The molecule has 0 saturated heterocycles. The summed E-state index contributed by atoms with van der Waals surface area (Å²) in [5.74, 6) is -3.63. The molecule has 154 valence electrons. The van der Waals surface area contributed by atoms with Gasteiger partial charge in [-0.1, -0.05) is 6.07 Å². The van der Waals surface area contributed by atoms with Crippen molar-refractivity contribution in [1.29, 1.82) is 0 Å². The summed E-state index contributed by atoms with van der Waals surface area (Å²) >= 11 is 0. The van der Waals surface area contributed by atoms with E-state index in [1.807, 2.05) is 12.2 Å². The average Bonchev–Trinajstić information content (AvgIpc) is 2.69. The Balaban J connectivity index is 1.83. The van der Waals surface area contributed by atoms with Gasteiger partial charge in [-0.3, -0.25) is 14.4 Å². The van der Waals surface area contributed by atoms with Gasteiger partial charge in [0.25, 0.3) is 11.8 Å². The third-order valence-corrected chi connectivity index (χ3v) is 3.71. The summed E-state index contributed by atoms with van der Waals surface area (Å²) in [6.45, 7) is 3.07. The smallest absolute Gasteiger partial charge is 0.326 e. The summed E-state index contributed by atoms with van der Waals surface area (Å²) in [5.41, 5.74) is -0.328. The van der Waals surface area contributed by atoms with Crippen molar-refractivity contribution >= 4 is 23.5 Å². The average molecular weight is 406 g/mol. The van der Waals surface area contributed by atoms with Crippen LogP contribution in [0, 0.1) is 11.6 Å². The number of hydrogen-bond acceptors (Lipinski definition) is 5. The number of para-hydroxylation sites is 1. The Morgan fingerprint density at radius 2 is 1.66 bits per heavy atom. The molecule has 0 aliphatic carbocycles. The predicted molar refractivity (Wildman–Crippen MR) is 100 cm³/mol. The summed E-state index contributed by atoms with van der Waals surface area (Å²) in [6.07, 6.45) is -1.33. The monoisotopic (exact) mass is 406 g/mol. The number of esters is 1. The molecule has 0 spiro atoms. The number of nitrogens with one attached hydrogen (secondary N) is 2. The van der Waals surface area contributed by atoms with Crippen molar-refractivity contribution < 1.29 is 32.6 Å². The van der Waals surface area contributed by atoms with Crippen molar-refractivity contribution in [3.63, 3.8) is 0 Å². The van der Waals surface area contributed by atoms with E-state index in [-0.39, 0.29) is 0 Å². The third kappa shape index (κ3) is 6.27. The maximum absolute atomic E-state index is 13.6. The number of carbonyl (C=O) groups excluding carboxylic acids is 3. The van der Waals surface area contributed by atoms with Crippen molar-refractivity contribution in [1.82, 2.24) is 5.32 Å². The lowest BCUT2D eigenvalue weighted by molar-refractivity contribution is -0.152. The van der Waals surface area contributed by atoms with Crippen molar-refractivity contribution in [3.05, 3.63) is 59.7 Å². The second kappa shape index (κ2) is 10.2. The van der Waals surface area contributed by atoms with Crippen molar-refractivity contribution in [2.24, 2.45) is 0 Å². The Hall–Kier alpha value is -3.49. The van der Waals surface area contributed by atoms with E-state index in [1.54, 1.807) is 12.1 Å². The number of halogens is 2. The molecular weight excluding hydrogens is 386 g/mol. The summed E-state index contributed by atoms with van der Waals surface area (Å²) in [4.78, 5) is 35.8. The van der Waals surface area contributed by atoms with Gasteiger partial charge in [-0.05, 0) is 50.2 Å². The minimum atomic E-state index is -1.33. The standard InChI is InChI=1S/C20H20F2N2O5/c1-3-28-14-9-7-13(8-10-14)20(27)23-11-17(25)29-12(2)19(26)24-18-15(21)5-4-6-16(18)22/h4-10,12H,3,11H2,1-2H3,(H,23,27)(H,24,26)/t12-/m0/s1. The Morgan fingerprint density at radius 3 is 2.24 bits per heavy atom. The Morgan fingerprint density at radius 1 is 1.03 bits per heavy atom. The van der Waals surface area contributed by atoms with E-state index in [0.717, 1.165) is 18.2 Å². The molecule has 0 aliphatic rings. The number of ether oxygens (including phenoxy) is 2. The first kappa shape index (κ1) is 21.8. The highest BCUT2D eigenvalue weighted by molar-refractivity contribution is 5.97. The molecule has 9 heteroatoms. The van der Waals surface area contributed by atoms with Crippen LogP contribution in [-0.2, 0) is 14.3 Å². The fraction of sp³-hybridized carbons (Fsp3) is 0.250. The number of hydrogen-bond donors (Lipinski definition) is 2. The number of benzene rings is 2. The largest absolute Gasteiger partial charge is 0.494 e. The van der Waals surface area contributed by atoms with Crippen molar-refractivity contribution in [2.45, 2.75) is 20.0 Å². The molecule has 7 nitrogen and oxygen atoms in total. The quantitative estimate of drug-likeness (QED) is 0.658. The molecule has 0 radical (unpaired) electrons. The van der Waals surface area contributed by atoms with Crippen LogP contribution in [0.3, 0.4) is 0 Å². The summed E-state index contributed by atoms with van der Waals surface area (Å²) in [5, 5.41) is 4.38. The minimum absolute atomic E-state index is 0.307. The van der Waals surface area contributed by atoms with Crippen LogP contribution in [0.15, 0.2) is 42.5 Å². The SMILES string of the molecule is CCOc1ccc(C(=O)NCC(=O)O[C@@H](C)C(=O)Nc2c(F)cccc2F)cc1. The molecule has 2 aromatic carbocycles. The topological polar surface area (TPSA) is 93.7 Å². The van der Waals surface area contributed by atoms with E-state index in [4.69, 9.17) is 9.47 Å². The van der Waals surface area contributed by atoms with Gasteiger partial charge < -0.3 is 20.1 Å². The molecule has 2 rings (SSSR count). The predicted octanol–water partition coefficient (Wildman–Crippen LogP) is 2.66. The molecule has 2 aromatic rings. The van der Waals surface area contributed by atoms with E-state index in [0.29, 0.717) is 17.9 Å². The van der Waals surface area contributed by atoms with Crippen LogP contribution in [0.1, 0.15) is 24.2 Å². The van der Waals surface area contributed by atoms with Gasteiger partial charge in [0, 0.05) is 5.56 Å². The zero-order chi connectivity index (χ0) is 21.4. The van der Waals surface area contributed by atoms with Crippen LogP contribution in [0.25, 0.3) is 0 Å².